The Bertz CT molecular complexity index is 776. The van der Waals surface area contributed by atoms with Gasteiger partial charge in [-0.1, -0.05) is 59.2 Å². The molecule has 1 N–H and O–H groups in total. The predicted octanol–water partition coefficient (Wildman–Crippen LogP) is 3.71. The third-order valence-corrected chi connectivity index (χ3v) is 4.63. The number of aryl methyl sites for hydroxylation is 3. The zero-order valence-corrected chi connectivity index (χ0v) is 17.0. The number of amides is 2. The normalized spacial score (nSPS) is 11.7. The van der Waals surface area contributed by atoms with Gasteiger partial charge in [-0.25, -0.2) is 0 Å². The number of nitrogens with one attached hydrogen (secondary N) is 1. The first-order valence-corrected chi connectivity index (χ1v) is 9.50. The summed E-state index contributed by atoms with van der Waals surface area (Å²) in [6.45, 7) is 10.7. The first kappa shape index (κ1) is 20.7. The second-order valence-electron chi connectivity index (χ2n) is 7.25. The highest BCUT2D eigenvalue weighted by Gasteiger charge is 2.25. The Balaban J connectivity index is 2.24. The van der Waals surface area contributed by atoms with Crippen molar-refractivity contribution in [2.24, 2.45) is 0 Å². The van der Waals surface area contributed by atoms with Crippen molar-refractivity contribution in [3.63, 3.8) is 0 Å². The molecule has 0 fully saturated rings. The first-order chi connectivity index (χ1) is 12.8. The van der Waals surface area contributed by atoms with Crippen LogP contribution in [0.4, 0.5) is 0 Å². The summed E-state index contributed by atoms with van der Waals surface area (Å²) in [5, 5.41) is 2.82. The number of carbonyl (C=O) groups excluding carboxylic acids is 2. The summed E-state index contributed by atoms with van der Waals surface area (Å²) in [4.78, 5) is 27.2. The minimum atomic E-state index is -0.523. The summed E-state index contributed by atoms with van der Waals surface area (Å²) in [5.41, 5.74) is 5.45. The lowest BCUT2D eigenvalue weighted by atomic mass is 10.0. The van der Waals surface area contributed by atoms with Gasteiger partial charge in [0, 0.05) is 13.1 Å². The van der Waals surface area contributed by atoms with Crippen LogP contribution in [0.25, 0.3) is 0 Å². The van der Waals surface area contributed by atoms with Crippen LogP contribution in [0.3, 0.4) is 0 Å². The molecule has 0 radical (unpaired) electrons. The largest absolute Gasteiger partial charge is 0.355 e. The second-order valence-corrected chi connectivity index (χ2v) is 7.25. The molecule has 0 aromatic heterocycles. The molecule has 0 saturated heterocycles. The van der Waals surface area contributed by atoms with Gasteiger partial charge in [0.15, 0.2) is 0 Å². The van der Waals surface area contributed by atoms with Crippen LogP contribution in [0, 0.1) is 20.8 Å². The third-order valence-electron chi connectivity index (χ3n) is 4.63. The van der Waals surface area contributed by atoms with E-state index in [4.69, 9.17) is 0 Å². The molecule has 0 bridgehead atoms. The van der Waals surface area contributed by atoms with Crippen LogP contribution in [0.15, 0.2) is 42.5 Å². The lowest BCUT2D eigenvalue weighted by molar-refractivity contribution is -0.140. The maximum atomic E-state index is 13.1. The summed E-state index contributed by atoms with van der Waals surface area (Å²) in [5.74, 6) is -0.169. The minimum Gasteiger partial charge on any atom is -0.355 e. The van der Waals surface area contributed by atoms with Crippen LogP contribution in [0.1, 0.15) is 41.7 Å². The Hall–Kier alpha value is -2.62. The smallest absolute Gasteiger partial charge is 0.242 e. The Kier molecular flexibility index (Phi) is 7.17. The molecule has 2 aromatic carbocycles. The van der Waals surface area contributed by atoms with Gasteiger partial charge in [-0.2, -0.15) is 0 Å². The van der Waals surface area contributed by atoms with E-state index < -0.39 is 6.04 Å². The van der Waals surface area contributed by atoms with Gasteiger partial charge in [-0.05, 0) is 45.7 Å². The van der Waals surface area contributed by atoms with Crippen molar-refractivity contribution in [3.8, 4) is 0 Å². The number of nitrogens with zero attached hydrogens (tertiary/aromatic N) is 1. The Labute approximate surface area is 162 Å². The third kappa shape index (κ3) is 5.95. The Morgan fingerprint density at radius 2 is 1.52 bits per heavy atom. The number of hydrogen-bond donors (Lipinski definition) is 1. The molecule has 0 saturated carbocycles. The van der Waals surface area contributed by atoms with Crippen LogP contribution in [0.2, 0.25) is 0 Å². The molecule has 144 valence electrons. The molecule has 0 aliphatic heterocycles. The number of carbonyl (C=O) groups is 2. The van der Waals surface area contributed by atoms with E-state index in [0.29, 0.717) is 13.1 Å². The molecule has 2 amide bonds. The van der Waals surface area contributed by atoms with Crippen molar-refractivity contribution in [3.05, 3.63) is 70.3 Å². The number of rotatable bonds is 7. The maximum Gasteiger partial charge on any atom is 0.242 e. The SMILES string of the molecule is CCNC(=O)[C@@H](C)N(Cc1ccc(C)cc1)C(=O)Cc1cc(C)cc(C)c1. The highest BCUT2D eigenvalue weighted by molar-refractivity contribution is 5.88. The van der Waals surface area contributed by atoms with E-state index in [1.165, 1.54) is 5.56 Å². The quantitative estimate of drug-likeness (QED) is 0.812. The lowest BCUT2D eigenvalue weighted by Gasteiger charge is -2.29. The van der Waals surface area contributed by atoms with Crippen molar-refractivity contribution in [2.75, 3.05) is 6.54 Å². The number of benzene rings is 2. The molecular weight excluding hydrogens is 336 g/mol. The maximum absolute atomic E-state index is 13.1. The Morgan fingerprint density at radius 3 is 2.07 bits per heavy atom. The van der Waals surface area contributed by atoms with E-state index >= 15 is 0 Å². The van der Waals surface area contributed by atoms with Gasteiger partial charge in [-0.3, -0.25) is 9.59 Å². The highest BCUT2D eigenvalue weighted by atomic mass is 16.2. The van der Waals surface area contributed by atoms with Crippen LogP contribution < -0.4 is 5.32 Å². The van der Waals surface area contributed by atoms with Gasteiger partial charge in [0.2, 0.25) is 11.8 Å². The standard InChI is InChI=1S/C23H30N2O2/c1-6-24-23(27)19(5)25(15-20-9-7-16(2)8-10-20)22(26)14-21-12-17(3)11-18(4)13-21/h7-13,19H,6,14-15H2,1-5H3,(H,24,27)/t19-/m1/s1. The van der Waals surface area contributed by atoms with Gasteiger partial charge < -0.3 is 10.2 Å². The molecule has 0 aliphatic rings. The van der Waals surface area contributed by atoms with Crippen LogP contribution in [-0.2, 0) is 22.6 Å². The zero-order chi connectivity index (χ0) is 20.0. The molecule has 27 heavy (non-hydrogen) atoms. The summed E-state index contributed by atoms with van der Waals surface area (Å²) < 4.78 is 0. The van der Waals surface area contributed by atoms with Crippen molar-refractivity contribution in [1.82, 2.24) is 10.2 Å². The van der Waals surface area contributed by atoms with E-state index in [1.54, 1.807) is 11.8 Å². The van der Waals surface area contributed by atoms with E-state index in [9.17, 15) is 9.59 Å². The topological polar surface area (TPSA) is 49.4 Å². The summed E-state index contributed by atoms with van der Waals surface area (Å²) in [6.07, 6.45) is 0.290. The number of likely N-dealkylation sites (N-methyl/N-ethyl adjacent to an activating group) is 1. The van der Waals surface area contributed by atoms with Crippen LogP contribution >= 0.6 is 0 Å². The van der Waals surface area contributed by atoms with Gasteiger partial charge in [0.05, 0.1) is 6.42 Å². The monoisotopic (exact) mass is 366 g/mol. The van der Waals surface area contributed by atoms with Crippen LogP contribution in [0.5, 0.6) is 0 Å². The van der Waals surface area contributed by atoms with Crippen molar-refractivity contribution in [2.45, 2.75) is 53.6 Å². The Morgan fingerprint density at radius 1 is 0.926 bits per heavy atom. The molecular formula is C23H30N2O2. The molecule has 0 spiro atoms. The molecule has 2 aromatic rings. The molecule has 0 aliphatic carbocycles. The molecule has 0 heterocycles. The van der Waals surface area contributed by atoms with Gasteiger partial charge in [0.25, 0.3) is 0 Å². The molecule has 2 rings (SSSR count). The molecule has 4 heteroatoms. The fourth-order valence-corrected chi connectivity index (χ4v) is 3.24. The second kappa shape index (κ2) is 9.36. The minimum absolute atomic E-state index is 0.0423. The van der Waals surface area contributed by atoms with Crippen molar-refractivity contribution in [1.29, 1.82) is 0 Å². The van der Waals surface area contributed by atoms with E-state index in [2.05, 4.69) is 11.4 Å². The molecule has 4 nitrogen and oxygen atoms in total. The average molecular weight is 367 g/mol. The highest BCUT2D eigenvalue weighted by Crippen LogP contribution is 2.15. The summed E-state index contributed by atoms with van der Waals surface area (Å²) in [7, 11) is 0. The van der Waals surface area contributed by atoms with Gasteiger partial charge in [-0.15, -0.1) is 0 Å². The van der Waals surface area contributed by atoms with Gasteiger partial charge in [0.1, 0.15) is 6.04 Å². The molecule has 1 atom stereocenters. The van der Waals surface area contributed by atoms with Crippen molar-refractivity contribution < 1.29 is 9.59 Å². The lowest BCUT2D eigenvalue weighted by Crippen LogP contribution is -2.48. The number of hydrogen-bond acceptors (Lipinski definition) is 2. The zero-order valence-electron chi connectivity index (χ0n) is 17.0. The molecule has 0 unspecified atom stereocenters. The van der Waals surface area contributed by atoms with E-state index in [1.807, 2.05) is 64.1 Å². The summed E-state index contributed by atoms with van der Waals surface area (Å²) >= 11 is 0. The predicted molar refractivity (Wildman–Crippen MR) is 109 cm³/mol. The van der Waals surface area contributed by atoms with Crippen molar-refractivity contribution >= 4 is 11.8 Å². The van der Waals surface area contributed by atoms with Gasteiger partial charge >= 0.3 is 0 Å². The fraction of sp³-hybridized carbons (Fsp3) is 0.391. The van der Waals surface area contributed by atoms with Crippen LogP contribution in [-0.4, -0.2) is 29.3 Å². The van der Waals surface area contributed by atoms with E-state index in [0.717, 1.165) is 22.3 Å². The summed E-state index contributed by atoms with van der Waals surface area (Å²) in [6, 6.07) is 13.7. The first-order valence-electron chi connectivity index (χ1n) is 9.50. The average Bonchev–Trinajstić information content (AvgIpc) is 2.59. The van der Waals surface area contributed by atoms with E-state index in [-0.39, 0.29) is 18.2 Å². The fourth-order valence-electron chi connectivity index (χ4n) is 3.24.